The highest BCUT2D eigenvalue weighted by atomic mass is 32.2. The summed E-state index contributed by atoms with van der Waals surface area (Å²) in [6.07, 6.45) is 0. The summed E-state index contributed by atoms with van der Waals surface area (Å²) in [5, 5.41) is 2.74. The lowest BCUT2D eigenvalue weighted by Gasteiger charge is -2.20. The molecule has 0 fully saturated rings. The average molecular weight is 426 g/mol. The molecular weight excluding hydrogens is 404 g/mol. The Bertz CT molecular complexity index is 1140. The topological polar surface area (TPSA) is 84.9 Å². The van der Waals surface area contributed by atoms with Crippen LogP contribution < -0.4 is 19.1 Å². The van der Waals surface area contributed by atoms with Gasteiger partial charge < -0.3 is 14.8 Å². The number of benzene rings is 3. The maximum absolute atomic E-state index is 13.1. The number of anilines is 2. The van der Waals surface area contributed by atoms with Crippen molar-refractivity contribution in [3.05, 3.63) is 78.4 Å². The quantitative estimate of drug-likeness (QED) is 0.621. The maximum Gasteiger partial charge on any atom is 0.264 e. The minimum absolute atomic E-state index is 0.00787. The Hall–Kier alpha value is -3.52. The van der Waals surface area contributed by atoms with Crippen LogP contribution in [0.2, 0.25) is 0 Å². The number of carbonyl (C=O) groups excluding carboxylic acids is 1. The number of ether oxygens (including phenoxy) is 2. The van der Waals surface area contributed by atoms with E-state index in [2.05, 4.69) is 5.32 Å². The van der Waals surface area contributed by atoms with Gasteiger partial charge in [-0.1, -0.05) is 18.2 Å². The van der Waals surface area contributed by atoms with E-state index in [9.17, 15) is 13.2 Å². The van der Waals surface area contributed by atoms with E-state index in [-0.39, 0.29) is 10.5 Å². The predicted octanol–water partition coefficient (Wildman–Crippen LogP) is 3.78. The summed E-state index contributed by atoms with van der Waals surface area (Å²) in [6.45, 7) is 0. The van der Waals surface area contributed by atoms with Gasteiger partial charge >= 0.3 is 0 Å². The van der Waals surface area contributed by atoms with Crippen LogP contribution in [-0.2, 0) is 10.0 Å². The van der Waals surface area contributed by atoms with Gasteiger partial charge in [-0.25, -0.2) is 8.42 Å². The van der Waals surface area contributed by atoms with Gasteiger partial charge in [0, 0.05) is 12.6 Å². The molecule has 0 heterocycles. The van der Waals surface area contributed by atoms with Gasteiger partial charge in [0.05, 0.1) is 30.5 Å². The summed E-state index contributed by atoms with van der Waals surface area (Å²) in [6, 6.07) is 19.5. The Kier molecular flexibility index (Phi) is 6.27. The van der Waals surface area contributed by atoms with Gasteiger partial charge in [0.2, 0.25) is 0 Å². The Balaban J connectivity index is 1.86. The summed E-state index contributed by atoms with van der Waals surface area (Å²) < 4.78 is 37.6. The minimum Gasteiger partial charge on any atom is -0.497 e. The van der Waals surface area contributed by atoms with Crippen LogP contribution in [0.5, 0.6) is 11.5 Å². The fourth-order valence-corrected chi connectivity index (χ4v) is 4.07. The van der Waals surface area contributed by atoms with Crippen LogP contribution >= 0.6 is 0 Å². The molecule has 0 aliphatic heterocycles. The first-order valence-corrected chi connectivity index (χ1v) is 10.5. The monoisotopic (exact) mass is 426 g/mol. The second-order valence-electron chi connectivity index (χ2n) is 6.35. The van der Waals surface area contributed by atoms with E-state index in [0.717, 1.165) is 4.31 Å². The summed E-state index contributed by atoms with van der Waals surface area (Å²) >= 11 is 0. The largest absolute Gasteiger partial charge is 0.497 e. The van der Waals surface area contributed by atoms with Crippen LogP contribution in [-0.4, -0.2) is 35.6 Å². The molecule has 0 aliphatic carbocycles. The van der Waals surface area contributed by atoms with E-state index in [1.54, 1.807) is 54.6 Å². The van der Waals surface area contributed by atoms with Crippen molar-refractivity contribution in [1.82, 2.24) is 0 Å². The Labute approximate surface area is 175 Å². The van der Waals surface area contributed by atoms with Gasteiger partial charge in [-0.15, -0.1) is 0 Å². The highest BCUT2D eigenvalue weighted by molar-refractivity contribution is 7.92. The SMILES string of the molecule is COc1ccc(N(C)S(=O)(=O)c2cccc(C(=O)Nc3ccccc3OC)c2)cc1. The van der Waals surface area contributed by atoms with Gasteiger partial charge in [0.25, 0.3) is 15.9 Å². The van der Waals surface area contributed by atoms with Gasteiger partial charge in [-0.05, 0) is 54.6 Å². The molecule has 1 amide bonds. The first-order valence-electron chi connectivity index (χ1n) is 9.04. The molecule has 0 atom stereocenters. The molecule has 7 nitrogen and oxygen atoms in total. The number of amides is 1. The number of nitrogens with one attached hydrogen (secondary N) is 1. The van der Waals surface area contributed by atoms with Gasteiger partial charge in [0.15, 0.2) is 0 Å². The molecule has 0 aliphatic rings. The van der Waals surface area contributed by atoms with Crippen molar-refractivity contribution in [3.63, 3.8) is 0 Å². The van der Waals surface area contributed by atoms with Crippen molar-refractivity contribution in [3.8, 4) is 11.5 Å². The number of methoxy groups -OCH3 is 2. The van der Waals surface area contributed by atoms with E-state index >= 15 is 0 Å². The molecule has 3 rings (SSSR count). The average Bonchev–Trinajstić information content (AvgIpc) is 2.79. The number of nitrogens with zero attached hydrogens (tertiary/aromatic N) is 1. The van der Waals surface area contributed by atoms with Crippen molar-refractivity contribution >= 4 is 27.3 Å². The molecule has 3 aromatic rings. The van der Waals surface area contributed by atoms with E-state index < -0.39 is 15.9 Å². The Morgan fingerprint density at radius 1 is 0.900 bits per heavy atom. The number of sulfonamides is 1. The predicted molar refractivity (Wildman–Crippen MR) is 116 cm³/mol. The third-order valence-electron chi connectivity index (χ3n) is 4.55. The standard InChI is InChI=1S/C22H22N2O5S/c1-24(17-11-13-18(28-2)14-12-17)30(26,27)19-8-6-7-16(15-19)22(25)23-20-9-4-5-10-21(20)29-3/h4-15H,1-3H3,(H,23,25). The number of para-hydroxylation sites is 2. The third kappa shape index (κ3) is 4.38. The second kappa shape index (κ2) is 8.87. The zero-order valence-electron chi connectivity index (χ0n) is 16.8. The van der Waals surface area contributed by atoms with Crippen molar-refractivity contribution in [2.45, 2.75) is 4.90 Å². The molecule has 1 N–H and O–H groups in total. The minimum atomic E-state index is -3.87. The molecule has 0 spiro atoms. The van der Waals surface area contributed by atoms with Crippen LogP contribution in [0, 0.1) is 0 Å². The van der Waals surface area contributed by atoms with Crippen molar-refractivity contribution < 1.29 is 22.7 Å². The highest BCUT2D eigenvalue weighted by Crippen LogP contribution is 2.26. The van der Waals surface area contributed by atoms with Gasteiger partial charge in [-0.3, -0.25) is 9.10 Å². The summed E-state index contributed by atoms with van der Waals surface area (Å²) in [4.78, 5) is 12.7. The molecule has 3 aromatic carbocycles. The summed E-state index contributed by atoms with van der Waals surface area (Å²) in [5.74, 6) is 0.692. The first-order chi connectivity index (χ1) is 14.4. The first kappa shape index (κ1) is 21.2. The molecule has 30 heavy (non-hydrogen) atoms. The molecular formula is C22H22N2O5S. The summed E-state index contributed by atoms with van der Waals surface area (Å²) in [7, 11) is 0.637. The van der Waals surface area contributed by atoms with Crippen LogP contribution in [0.4, 0.5) is 11.4 Å². The number of hydrogen-bond acceptors (Lipinski definition) is 5. The van der Waals surface area contributed by atoms with Crippen LogP contribution in [0.3, 0.4) is 0 Å². The number of carbonyl (C=O) groups is 1. The molecule has 8 heteroatoms. The fraction of sp³-hybridized carbons (Fsp3) is 0.136. The lowest BCUT2D eigenvalue weighted by molar-refractivity contribution is 0.102. The van der Waals surface area contributed by atoms with Crippen molar-refractivity contribution in [2.75, 3.05) is 30.9 Å². The normalized spacial score (nSPS) is 10.9. The smallest absolute Gasteiger partial charge is 0.264 e. The molecule has 0 bridgehead atoms. The van der Waals surface area contributed by atoms with E-state index in [4.69, 9.17) is 9.47 Å². The zero-order chi connectivity index (χ0) is 21.7. The Morgan fingerprint density at radius 2 is 1.60 bits per heavy atom. The molecule has 156 valence electrons. The van der Waals surface area contributed by atoms with Crippen molar-refractivity contribution in [1.29, 1.82) is 0 Å². The fourth-order valence-electron chi connectivity index (χ4n) is 2.83. The lowest BCUT2D eigenvalue weighted by Crippen LogP contribution is -2.26. The lowest BCUT2D eigenvalue weighted by atomic mass is 10.2. The zero-order valence-corrected chi connectivity index (χ0v) is 17.6. The van der Waals surface area contributed by atoms with Gasteiger partial charge in [0.1, 0.15) is 11.5 Å². The summed E-state index contributed by atoms with van der Waals surface area (Å²) in [5.41, 5.74) is 1.18. The van der Waals surface area contributed by atoms with Crippen LogP contribution in [0.15, 0.2) is 77.7 Å². The van der Waals surface area contributed by atoms with E-state index in [1.165, 1.54) is 39.5 Å². The highest BCUT2D eigenvalue weighted by Gasteiger charge is 2.22. The van der Waals surface area contributed by atoms with Crippen LogP contribution in [0.1, 0.15) is 10.4 Å². The molecule has 0 saturated carbocycles. The molecule has 0 unspecified atom stereocenters. The van der Waals surface area contributed by atoms with Crippen molar-refractivity contribution in [2.24, 2.45) is 0 Å². The number of rotatable bonds is 7. The Morgan fingerprint density at radius 3 is 2.27 bits per heavy atom. The van der Waals surface area contributed by atoms with Crippen LogP contribution in [0.25, 0.3) is 0 Å². The third-order valence-corrected chi connectivity index (χ3v) is 6.33. The van der Waals surface area contributed by atoms with Gasteiger partial charge in [-0.2, -0.15) is 0 Å². The maximum atomic E-state index is 13.1. The molecule has 0 radical (unpaired) electrons. The molecule has 0 saturated heterocycles. The second-order valence-corrected chi connectivity index (χ2v) is 8.32. The van der Waals surface area contributed by atoms with E-state index in [1.807, 2.05) is 0 Å². The molecule has 0 aromatic heterocycles. The number of hydrogen-bond donors (Lipinski definition) is 1. The van der Waals surface area contributed by atoms with E-state index in [0.29, 0.717) is 22.9 Å².